The van der Waals surface area contributed by atoms with E-state index in [2.05, 4.69) is 4.98 Å². The minimum absolute atomic E-state index is 0.161. The van der Waals surface area contributed by atoms with Gasteiger partial charge in [-0.25, -0.2) is 4.79 Å². The van der Waals surface area contributed by atoms with Crippen molar-refractivity contribution in [2.24, 2.45) is 0 Å². The number of ether oxygens (including phenoxy) is 2. The van der Waals surface area contributed by atoms with Gasteiger partial charge >= 0.3 is 5.97 Å². The molecule has 0 unspecified atom stereocenters. The Labute approximate surface area is 161 Å². The van der Waals surface area contributed by atoms with Crippen LogP contribution in [0.2, 0.25) is 0 Å². The molecule has 0 bridgehead atoms. The monoisotopic (exact) mass is 368 g/mol. The standard InChI is InChI=1S/C22H28N2O3/c1-21(2,3)26-17-13-8-7-12-16(17)24-18(15-11-9-10-14-23-15)19(24)20(25)27-22(4,5)6/h7-14,18-19H,1-6H3/t18-,19-,24?/m0/s1. The second-order valence-electron chi connectivity index (χ2n) is 8.77. The van der Waals surface area contributed by atoms with E-state index < -0.39 is 11.6 Å². The van der Waals surface area contributed by atoms with Gasteiger partial charge in [-0.2, -0.15) is 0 Å². The van der Waals surface area contributed by atoms with Gasteiger partial charge in [0.25, 0.3) is 0 Å². The molecule has 2 heterocycles. The predicted octanol–water partition coefficient (Wildman–Crippen LogP) is 4.53. The van der Waals surface area contributed by atoms with Gasteiger partial charge in [0.05, 0.1) is 11.4 Å². The van der Waals surface area contributed by atoms with Crippen molar-refractivity contribution < 1.29 is 14.3 Å². The lowest BCUT2D eigenvalue weighted by Gasteiger charge is -2.24. The molecule has 0 N–H and O–H groups in total. The van der Waals surface area contributed by atoms with Crippen LogP contribution in [-0.4, -0.2) is 28.2 Å². The molecule has 1 aromatic carbocycles. The van der Waals surface area contributed by atoms with E-state index in [9.17, 15) is 4.79 Å². The summed E-state index contributed by atoms with van der Waals surface area (Å²) in [5, 5.41) is 0. The molecule has 0 saturated carbocycles. The first-order valence-electron chi connectivity index (χ1n) is 9.27. The van der Waals surface area contributed by atoms with Crippen LogP contribution in [-0.2, 0) is 9.53 Å². The van der Waals surface area contributed by atoms with Gasteiger partial charge in [0.1, 0.15) is 23.0 Å². The molecule has 5 heteroatoms. The first-order valence-corrected chi connectivity index (χ1v) is 9.27. The maximum Gasteiger partial charge on any atom is 0.331 e. The highest BCUT2D eigenvalue weighted by Gasteiger charge is 2.57. The molecule has 0 radical (unpaired) electrons. The predicted molar refractivity (Wildman–Crippen MR) is 106 cm³/mol. The van der Waals surface area contributed by atoms with Gasteiger partial charge in [0, 0.05) is 6.20 Å². The number of pyridine rings is 1. The molecule has 3 rings (SSSR count). The van der Waals surface area contributed by atoms with Crippen molar-refractivity contribution in [3.63, 3.8) is 0 Å². The van der Waals surface area contributed by atoms with Crippen molar-refractivity contribution in [2.45, 2.75) is 64.8 Å². The lowest BCUT2D eigenvalue weighted by Crippen LogP contribution is -2.28. The van der Waals surface area contributed by atoms with E-state index in [4.69, 9.17) is 9.47 Å². The summed E-state index contributed by atoms with van der Waals surface area (Å²) in [4.78, 5) is 19.3. The summed E-state index contributed by atoms with van der Waals surface area (Å²) >= 11 is 0. The largest absolute Gasteiger partial charge is 0.486 e. The number of hydrogen-bond acceptors (Lipinski definition) is 5. The average Bonchev–Trinajstić information content (AvgIpc) is 3.28. The molecule has 1 aliphatic heterocycles. The molecule has 1 aromatic heterocycles. The van der Waals surface area contributed by atoms with Crippen LogP contribution >= 0.6 is 0 Å². The highest BCUT2D eigenvalue weighted by molar-refractivity contribution is 5.90. The summed E-state index contributed by atoms with van der Waals surface area (Å²) < 4.78 is 11.8. The van der Waals surface area contributed by atoms with Gasteiger partial charge in [-0.15, -0.1) is 0 Å². The Morgan fingerprint density at radius 2 is 1.63 bits per heavy atom. The topological polar surface area (TPSA) is 51.4 Å². The highest BCUT2D eigenvalue weighted by atomic mass is 16.6. The summed E-state index contributed by atoms with van der Waals surface area (Å²) in [5.41, 5.74) is 0.841. The first kappa shape index (κ1) is 19.2. The lowest BCUT2D eigenvalue weighted by molar-refractivity contribution is -0.154. The molecule has 1 aliphatic rings. The SMILES string of the molecule is CC(C)(C)OC(=O)[C@@H]1[C@H](c2ccccn2)N1c1ccccc1OC(C)(C)C. The van der Waals surface area contributed by atoms with Crippen LogP contribution in [0, 0.1) is 0 Å². The molecule has 0 aliphatic carbocycles. The van der Waals surface area contributed by atoms with E-state index in [1.807, 2.05) is 88.9 Å². The van der Waals surface area contributed by atoms with Gasteiger partial charge in [-0.05, 0) is 65.8 Å². The minimum Gasteiger partial charge on any atom is -0.486 e. The fraction of sp³-hybridized carbons (Fsp3) is 0.455. The normalized spacial score (nSPS) is 19.6. The molecule has 144 valence electrons. The molecule has 1 saturated heterocycles. The van der Waals surface area contributed by atoms with Crippen LogP contribution in [0.15, 0.2) is 48.7 Å². The zero-order valence-corrected chi connectivity index (χ0v) is 16.9. The average molecular weight is 368 g/mol. The second-order valence-corrected chi connectivity index (χ2v) is 8.77. The third-order valence-corrected chi connectivity index (χ3v) is 4.01. The molecule has 2 atom stereocenters. The number of rotatable bonds is 4. The van der Waals surface area contributed by atoms with Crippen molar-refractivity contribution in [1.29, 1.82) is 0 Å². The zero-order valence-electron chi connectivity index (χ0n) is 16.9. The van der Waals surface area contributed by atoms with E-state index in [-0.39, 0.29) is 17.6 Å². The molecule has 27 heavy (non-hydrogen) atoms. The van der Waals surface area contributed by atoms with E-state index in [1.165, 1.54) is 0 Å². The molecular weight excluding hydrogens is 340 g/mol. The molecule has 0 amide bonds. The number of anilines is 1. The Morgan fingerprint density at radius 3 is 2.22 bits per heavy atom. The quantitative estimate of drug-likeness (QED) is 0.586. The number of nitrogens with zero attached hydrogens (tertiary/aromatic N) is 2. The Hall–Kier alpha value is -2.56. The van der Waals surface area contributed by atoms with Crippen molar-refractivity contribution in [3.8, 4) is 5.75 Å². The fourth-order valence-corrected chi connectivity index (χ4v) is 3.08. The summed E-state index contributed by atoms with van der Waals surface area (Å²) in [7, 11) is 0. The zero-order chi connectivity index (χ0) is 19.8. The Balaban J connectivity index is 1.96. The number of para-hydroxylation sites is 2. The number of aromatic nitrogens is 1. The van der Waals surface area contributed by atoms with E-state index in [0.29, 0.717) is 0 Å². The Bertz CT molecular complexity index is 806. The number of carbonyl (C=O) groups excluding carboxylic acids is 1. The number of carbonyl (C=O) groups is 1. The smallest absolute Gasteiger partial charge is 0.331 e. The Kier molecular flexibility index (Phi) is 4.89. The number of esters is 1. The third-order valence-electron chi connectivity index (χ3n) is 4.01. The number of benzene rings is 1. The summed E-state index contributed by atoms with van der Waals surface area (Å²) in [5.74, 6) is 0.501. The van der Waals surface area contributed by atoms with Crippen molar-refractivity contribution >= 4 is 11.7 Å². The molecule has 2 aromatic rings. The summed E-state index contributed by atoms with van der Waals surface area (Å²) in [6, 6.07) is 13.0. The number of hydrogen-bond donors (Lipinski definition) is 0. The van der Waals surface area contributed by atoms with Crippen molar-refractivity contribution in [1.82, 2.24) is 4.98 Å². The molecule has 1 fully saturated rings. The van der Waals surface area contributed by atoms with Crippen molar-refractivity contribution in [2.75, 3.05) is 4.90 Å². The molecule has 0 spiro atoms. The van der Waals surface area contributed by atoms with Crippen LogP contribution in [0.5, 0.6) is 5.75 Å². The van der Waals surface area contributed by atoms with Gasteiger partial charge in [-0.3, -0.25) is 4.98 Å². The lowest BCUT2D eigenvalue weighted by atomic mass is 10.2. The van der Waals surface area contributed by atoms with E-state index in [0.717, 1.165) is 17.1 Å². The molecule has 5 nitrogen and oxygen atoms in total. The van der Waals surface area contributed by atoms with Crippen LogP contribution in [0.4, 0.5) is 5.69 Å². The van der Waals surface area contributed by atoms with Crippen LogP contribution in [0.1, 0.15) is 53.3 Å². The molecular formula is C22H28N2O3. The van der Waals surface area contributed by atoms with Gasteiger partial charge in [0.2, 0.25) is 0 Å². The minimum atomic E-state index is -0.540. The highest BCUT2D eigenvalue weighted by Crippen LogP contribution is 2.50. The van der Waals surface area contributed by atoms with Gasteiger partial charge in [0.15, 0.2) is 6.04 Å². The van der Waals surface area contributed by atoms with Gasteiger partial charge in [-0.1, -0.05) is 18.2 Å². The first-order chi connectivity index (χ1) is 12.6. The third kappa shape index (κ3) is 4.59. The van der Waals surface area contributed by atoms with Crippen LogP contribution < -0.4 is 9.64 Å². The maximum atomic E-state index is 12.9. The second kappa shape index (κ2) is 6.87. The maximum absolute atomic E-state index is 12.9. The van der Waals surface area contributed by atoms with Crippen LogP contribution in [0.3, 0.4) is 0 Å². The van der Waals surface area contributed by atoms with E-state index in [1.54, 1.807) is 6.20 Å². The van der Waals surface area contributed by atoms with E-state index >= 15 is 0 Å². The van der Waals surface area contributed by atoms with Crippen molar-refractivity contribution in [3.05, 3.63) is 54.4 Å². The summed E-state index contributed by atoms with van der Waals surface area (Å²) in [6.45, 7) is 11.7. The van der Waals surface area contributed by atoms with Crippen LogP contribution in [0.25, 0.3) is 0 Å². The van der Waals surface area contributed by atoms with Gasteiger partial charge < -0.3 is 14.4 Å². The fourth-order valence-electron chi connectivity index (χ4n) is 3.08. The Morgan fingerprint density at radius 1 is 0.963 bits per heavy atom. The summed E-state index contributed by atoms with van der Waals surface area (Å²) in [6.07, 6.45) is 1.75.